The number of carbonyl (C=O) groups is 1. The molecule has 0 heterocycles. The average molecular weight is 407 g/mol. The second kappa shape index (κ2) is 8.60. The standard InChI is InChI=1S/C17H24Cl2N2O3S/c1-20(14-6-3-4-7-14)17(22)8-5-11-21(25(2,23)24)16-12-13(18)9-10-15(16)19/h9-10,12,14H,3-8,11H2,1-2H3. The summed E-state index contributed by atoms with van der Waals surface area (Å²) >= 11 is 12.1. The van der Waals surface area contributed by atoms with Gasteiger partial charge in [0.15, 0.2) is 0 Å². The van der Waals surface area contributed by atoms with E-state index in [0.717, 1.165) is 31.9 Å². The van der Waals surface area contributed by atoms with Gasteiger partial charge in [0.1, 0.15) is 0 Å². The number of nitrogens with zero attached hydrogens (tertiary/aromatic N) is 2. The van der Waals surface area contributed by atoms with Crippen LogP contribution >= 0.6 is 23.2 Å². The number of anilines is 1. The number of rotatable bonds is 7. The van der Waals surface area contributed by atoms with E-state index in [1.54, 1.807) is 12.1 Å². The molecule has 0 radical (unpaired) electrons. The van der Waals surface area contributed by atoms with E-state index in [0.29, 0.717) is 34.6 Å². The van der Waals surface area contributed by atoms with Crippen LogP contribution in [0, 0.1) is 0 Å². The molecule has 2 rings (SSSR count). The Hall–Kier alpha value is -0.980. The van der Waals surface area contributed by atoms with Crippen molar-refractivity contribution in [1.29, 1.82) is 0 Å². The number of hydrogen-bond acceptors (Lipinski definition) is 3. The molecule has 0 N–H and O–H groups in total. The van der Waals surface area contributed by atoms with Gasteiger partial charge in [0.2, 0.25) is 15.9 Å². The fourth-order valence-electron chi connectivity index (χ4n) is 3.19. The van der Waals surface area contributed by atoms with E-state index < -0.39 is 10.0 Å². The molecule has 5 nitrogen and oxygen atoms in total. The summed E-state index contributed by atoms with van der Waals surface area (Å²) in [4.78, 5) is 14.1. The molecule has 1 aliphatic rings. The molecule has 1 aromatic rings. The van der Waals surface area contributed by atoms with Crippen molar-refractivity contribution in [3.8, 4) is 0 Å². The highest BCUT2D eigenvalue weighted by Gasteiger charge is 2.24. The first kappa shape index (κ1) is 20.3. The molecule has 0 aliphatic heterocycles. The number of carbonyl (C=O) groups excluding carboxylic acids is 1. The van der Waals surface area contributed by atoms with Crippen molar-refractivity contribution in [3.05, 3.63) is 28.2 Å². The zero-order valence-corrected chi connectivity index (χ0v) is 16.9. The van der Waals surface area contributed by atoms with Crippen LogP contribution in [0.2, 0.25) is 10.0 Å². The first-order valence-corrected chi connectivity index (χ1v) is 11.0. The van der Waals surface area contributed by atoms with Crippen LogP contribution in [0.1, 0.15) is 38.5 Å². The molecule has 0 unspecified atom stereocenters. The van der Waals surface area contributed by atoms with Gasteiger partial charge in [-0.25, -0.2) is 8.42 Å². The second-order valence-corrected chi connectivity index (χ2v) is 9.23. The minimum atomic E-state index is -3.53. The third kappa shape index (κ3) is 5.50. The Balaban J connectivity index is 2.01. The third-order valence-corrected chi connectivity index (χ3v) is 6.33. The van der Waals surface area contributed by atoms with Crippen LogP contribution in [0.3, 0.4) is 0 Å². The second-order valence-electron chi connectivity index (χ2n) is 6.48. The quantitative estimate of drug-likeness (QED) is 0.688. The summed E-state index contributed by atoms with van der Waals surface area (Å²) in [6.45, 7) is 0.184. The number of amides is 1. The molecular weight excluding hydrogens is 383 g/mol. The Kier molecular flexibility index (Phi) is 7.00. The van der Waals surface area contributed by atoms with E-state index >= 15 is 0 Å². The summed E-state index contributed by atoms with van der Waals surface area (Å²) in [6, 6.07) is 5.02. The van der Waals surface area contributed by atoms with E-state index in [4.69, 9.17) is 23.2 Å². The summed E-state index contributed by atoms with van der Waals surface area (Å²) in [7, 11) is -1.69. The maximum absolute atomic E-state index is 12.3. The lowest BCUT2D eigenvalue weighted by Gasteiger charge is -2.26. The van der Waals surface area contributed by atoms with Gasteiger partial charge in [0, 0.05) is 31.1 Å². The Bertz CT molecular complexity index is 719. The molecule has 1 aromatic carbocycles. The molecule has 1 fully saturated rings. The molecule has 0 spiro atoms. The van der Waals surface area contributed by atoms with Gasteiger partial charge >= 0.3 is 0 Å². The highest BCUT2D eigenvalue weighted by atomic mass is 35.5. The molecule has 0 atom stereocenters. The number of benzene rings is 1. The molecular formula is C17H24Cl2N2O3S. The monoisotopic (exact) mass is 406 g/mol. The minimum Gasteiger partial charge on any atom is -0.343 e. The maximum atomic E-state index is 12.3. The fraction of sp³-hybridized carbons (Fsp3) is 0.588. The van der Waals surface area contributed by atoms with Crippen molar-refractivity contribution in [3.63, 3.8) is 0 Å². The minimum absolute atomic E-state index is 0.0533. The number of sulfonamides is 1. The van der Waals surface area contributed by atoms with Crippen molar-refractivity contribution in [2.24, 2.45) is 0 Å². The smallest absolute Gasteiger partial charge is 0.232 e. The molecule has 140 valence electrons. The van der Waals surface area contributed by atoms with Crippen molar-refractivity contribution in [2.75, 3.05) is 24.2 Å². The van der Waals surface area contributed by atoms with Crippen LogP contribution < -0.4 is 4.31 Å². The van der Waals surface area contributed by atoms with Crippen LogP contribution in [-0.4, -0.2) is 45.1 Å². The van der Waals surface area contributed by atoms with Gasteiger partial charge < -0.3 is 4.90 Å². The van der Waals surface area contributed by atoms with Gasteiger partial charge in [-0.05, 0) is 37.5 Å². The number of hydrogen-bond donors (Lipinski definition) is 0. The van der Waals surface area contributed by atoms with Crippen molar-refractivity contribution in [2.45, 2.75) is 44.6 Å². The highest BCUT2D eigenvalue weighted by molar-refractivity contribution is 7.92. The fourth-order valence-corrected chi connectivity index (χ4v) is 4.59. The van der Waals surface area contributed by atoms with Gasteiger partial charge in [-0.3, -0.25) is 9.10 Å². The summed E-state index contributed by atoms with van der Waals surface area (Å²) in [5, 5.41) is 0.717. The zero-order valence-electron chi connectivity index (χ0n) is 14.5. The maximum Gasteiger partial charge on any atom is 0.232 e. The third-order valence-electron chi connectivity index (χ3n) is 4.59. The van der Waals surface area contributed by atoms with Gasteiger partial charge in [0.25, 0.3) is 0 Å². The predicted molar refractivity (Wildman–Crippen MR) is 103 cm³/mol. The molecule has 8 heteroatoms. The van der Waals surface area contributed by atoms with E-state index in [-0.39, 0.29) is 12.5 Å². The van der Waals surface area contributed by atoms with E-state index in [2.05, 4.69) is 0 Å². The summed E-state index contributed by atoms with van der Waals surface area (Å²) < 4.78 is 25.5. The molecule has 0 saturated heterocycles. The largest absolute Gasteiger partial charge is 0.343 e. The van der Waals surface area contributed by atoms with Crippen LogP contribution in [-0.2, 0) is 14.8 Å². The topological polar surface area (TPSA) is 57.7 Å². The van der Waals surface area contributed by atoms with Crippen LogP contribution in [0.4, 0.5) is 5.69 Å². The Morgan fingerprint density at radius 3 is 2.48 bits per heavy atom. The van der Waals surface area contributed by atoms with Crippen LogP contribution in [0.25, 0.3) is 0 Å². The molecule has 1 saturated carbocycles. The number of halogens is 2. The summed E-state index contributed by atoms with van der Waals surface area (Å²) in [5.74, 6) is 0.0533. The lowest BCUT2D eigenvalue weighted by molar-refractivity contribution is -0.131. The molecule has 1 aliphatic carbocycles. The van der Waals surface area contributed by atoms with Crippen LogP contribution in [0.5, 0.6) is 0 Å². The van der Waals surface area contributed by atoms with E-state index in [1.165, 1.54) is 10.4 Å². The highest BCUT2D eigenvalue weighted by Crippen LogP contribution is 2.31. The first-order chi connectivity index (χ1) is 11.7. The normalized spacial score (nSPS) is 15.4. The van der Waals surface area contributed by atoms with E-state index in [9.17, 15) is 13.2 Å². The average Bonchev–Trinajstić information content (AvgIpc) is 3.06. The van der Waals surface area contributed by atoms with Gasteiger partial charge in [-0.1, -0.05) is 36.0 Å². The molecule has 0 bridgehead atoms. The Morgan fingerprint density at radius 2 is 1.88 bits per heavy atom. The predicted octanol–water partition coefficient (Wildman–Crippen LogP) is 3.94. The van der Waals surface area contributed by atoms with Gasteiger partial charge in [-0.2, -0.15) is 0 Å². The zero-order chi connectivity index (χ0) is 18.6. The van der Waals surface area contributed by atoms with Crippen LogP contribution in [0.15, 0.2) is 18.2 Å². The summed E-state index contributed by atoms with van der Waals surface area (Å²) in [6.07, 6.45) is 6.28. The Labute approximate surface area is 159 Å². The lowest BCUT2D eigenvalue weighted by atomic mass is 10.2. The van der Waals surface area contributed by atoms with Crippen molar-refractivity contribution >= 4 is 44.8 Å². The molecule has 1 amide bonds. The first-order valence-electron chi connectivity index (χ1n) is 8.38. The Morgan fingerprint density at radius 1 is 1.24 bits per heavy atom. The van der Waals surface area contributed by atoms with E-state index in [1.807, 2.05) is 11.9 Å². The van der Waals surface area contributed by atoms with Crippen molar-refractivity contribution < 1.29 is 13.2 Å². The van der Waals surface area contributed by atoms with Gasteiger partial charge in [0.05, 0.1) is 17.0 Å². The molecule has 0 aromatic heterocycles. The summed E-state index contributed by atoms with van der Waals surface area (Å²) in [5.41, 5.74) is 0.341. The van der Waals surface area contributed by atoms with Crippen molar-refractivity contribution in [1.82, 2.24) is 4.90 Å². The SMILES string of the molecule is CN(C(=O)CCCN(c1cc(Cl)ccc1Cl)S(C)(=O)=O)C1CCCC1. The van der Waals surface area contributed by atoms with Gasteiger partial charge in [-0.15, -0.1) is 0 Å². The lowest BCUT2D eigenvalue weighted by Crippen LogP contribution is -2.36. The molecule has 25 heavy (non-hydrogen) atoms.